The number of ether oxygens (including phenoxy) is 3. The number of fused-ring (bicyclic) bond motifs is 1. The van der Waals surface area contributed by atoms with E-state index in [1.807, 2.05) is 51.1 Å². The molecule has 0 spiro atoms. The minimum Gasteiger partial charge on any atom is -0.444 e. The maximum absolute atomic E-state index is 13.6. The number of carbonyl (C=O) groups excluding carboxylic acids is 1. The molecule has 4 rings (SSSR count). The normalized spacial score (nSPS) is 18.6. The van der Waals surface area contributed by atoms with Crippen molar-refractivity contribution in [3.63, 3.8) is 0 Å². The molecule has 0 bridgehead atoms. The average molecular weight is 489 g/mol. The zero-order chi connectivity index (χ0) is 24.5. The summed E-state index contributed by atoms with van der Waals surface area (Å²) in [7, 11) is 1.60. The second kappa shape index (κ2) is 9.77. The molecule has 2 atom stereocenters. The molecule has 182 valence electrons. The van der Waals surface area contributed by atoms with Crippen molar-refractivity contribution in [3.8, 4) is 5.69 Å². The molecule has 1 saturated heterocycles. The first-order valence-corrected chi connectivity index (χ1v) is 11.5. The van der Waals surface area contributed by atoms with Crippen molar-refractivity contribution in [2.45, 2.75) is 44.9 Å². The molecule has 0 radical (unpaired) electrons. The van der Waals surface area contributed by atoms with E-state index in [1.165, 1.54) is 9.08 Å². The molecule has 1 aliphatic rings. The van der Waals surface area contributed by atoms with Crippen LogP contribution in [-0.2, 0) is 14.2 Å². The number of para-hydroxylation sites is 1. The van der Waals surface area contributed by atoms with Gasteiger partial charge in [-0.15, -0.1) is 0 Å². The van der Waals surface area contributed by atoms with Crippen LogP contribution in [-0.4, -0.2) is 63.7 Å². The van der Waals surface area contributed by atoms with Gasteiger partial charge in [-0.05, 0) is 39.0 Å². The van der Waals surface area contributed by atoms with Crippen molar-refractivity contribution in [2.75, 3.05) is 26.9 Å². The van der Waals surface area contributed by atoms with Gasteiger partial charge < -0.3 is 14.2 Å². The van der Waals surface area contributed by atoms with E-state index in [2.05, 4.69) is 0 Å². The summed E-state index contributed by atoms with van der Waals surface area (Å²) in [6.45, 7) is 6.58. The Morgan fingerprint density at radius 1 is 1.18 bits per heavy atom. The lowest BCUT2D eigenvalue weighted by Crippen LogP contribution is -2.39. The molecule has 0 unspecified atom stereocenters. The molecule has 3 heterocycles. The third-order valence-electron chi connectivity index (χ3n) is 5.51. The Kier molecular flexibility index (Phi) is 6.97. The van der Waals surface area contributed by atoms with Crippen molar-refractivity contribution >= 4 is 23.2 Å². The number of rotatable bonds is 6. The first-order valence-electron chi connectivity index (χ1n) is 11.1. The fourth-order valence-corrected chi connectivity index (χ4v) is 4.30. The predicted octanol–water partition coefficient (Wildman–Crippen LogP) is 3.85. The monoisotopic (exact) mass is 488 g/mol. The van der Waals surface area contributed by atoms with Crippen LogP contribution >= 0.6 is 11.6 Å². The van der Waals surface area contributed by atoms with Crippen LogP contribution in [0, 0.1) is 0 Å². The molecule has 9 nitrogen and oxygen atoms in total. The molecule has 0 aliphatic carbocycles. The Hall–Kier alpha value is -2.88. The average Bonchev–Trinajstić information content (AvgIpc) is 3.37. The maximum atomic E-state index is 13.6. The minimum atomic E-state index is -0.680. The Balaban J connectivity index is 1.83. The lowest BCUT2D eigenvalue weighted by atomic mass is 10.1. The number of benzene rings is 1. The summed E-state index contributed by atoms with van der Waals surface area (Å²) in [6, 6.07) is 10.3. The Morgan fingerprint density at radius 3 is 2.59 bits per heavy atom. The molecule has 0 saturated carbocycles. The van der Waals surface area contributed by atoms with Crippen LogP contribution in [0.1, 0.15) is 39.1 Å². The number of nitrogens with zero attached hydrogens (tertiary/aromatic N) is 4. The van der Waals surface area contributed by atoms with E-state index in [9.17, 15) is 9.59 Å². The van der Waals surface area contributed by atoms with Crippen molar-refractivity contribution in [2.24, 2.45) is 0 Å². The number of methoxy groups -OCH3 is 1. The van der Waals surface area contributed by atoms with Crippen LogP contribution in [0.25, 0.3) is 11.2 Å². The number of hydrogen-bond acceptors (Lipinski definition) is 6. The molecule has 2 aromatic heterocycles. The largest absolute Gasteiger partial charge is 0.444 e. The summed E-state index contributed by atoms with van der Waals surface area (Å²) in [5, 5.41) is 5.05. The van der Waals surface area contributed by atoms with Gasteiger partial charge in [0.1, 0.15) is 11.1 Å². The molecule has 1 aliphatic heterocycles. The molecular weight excluding hydrogens is 460 g/mol. The van der Waals surface area contributed by atoms with Crippen molar-refractivity contribution in [3.05, 3.63) is 63.8 Å². The van der Waals surface area contributed by atoms with Crippen LogP contribution in [0.15, 0.2) is 47.4 Å². The van der Waals surface area contributed by atoms with Gasteiger partial charge >= 0.3 is 6.09 Å². The van der Waals surface area contributed by atoms with E-state index in [0.717, 1.165) is 0 Å². The van der Waals surface area contributed by atoms with Crippen LogP contribution < -0.4 is 5.56 Å². The van der Waals surface area contributed by atoms with Gasteiger partial charge in [0.2, 0.25) is 0 Å². The summed E-state index contributed by atoms with van der Waals surface area (Å²) in [5.41, 5.74) is -0.105. The topological polar surface area (TPSA) is 87.3 Å². The number of carbonyl (C=O) groups is 1. The molecule has 1 amide bonds. The van der Waals surface area contributed by atoms with Crippen LogP contribution in [0.4, 0.5) is 4.79 Å². The molecule has 10 heteroatoms. The van der Waals surface area contributed by atoms with Gasteiger partial charge in [-0.25, -0.2) is 9.31 Å². The van der Waals surface area contributed by atoms with E-state index < -0.39 is 17.7 Å². The second-order valence-electron chi connectivity index (χ2n) is 9.16. The lowest BCUT2D eigenvalue weighted by Gasteiger charge is -2.29. The summed E-state index contributed by atoms with van der Waals surface area (Å²) in [4.78, 5) is 28.4. The number of halogens is 1. The first kappa shape index (κ1) is 24.3. The predicted molar refractivity (Wildman–Crippen MR) is 128 cm³/mol. The Bertz CT molecular complexity index is 1220. The zero-order valence-corrected chi connectivity index (χ0v) is 20.5. The van der Waals surface area contributed by atoms with Crippen LogP contribution in [0.5, 0.6) is 0 Å². The van der Waals surface area contributed by atoms with Gasteiger partial charge in [0, 0.05) is 19.7 Å². The van der Waals surface area contributed by atoms with Crippen LogP contribution in [0.2, 0.25) is 5.02 Å². The minimum absolute atomic E-state index is 0.266. The van der Waals surface area contributed by atoms with Crippen molar-refractivity contribution < 1.29 is 19.0 Å². The quantitative estimate of drug-likeness (QED) is 0.490. The highest BCUT2D eigenvalue weighted by Gasteiger charge is 2.42. The number of aromatic nitrogens is 3. The highest BCUT2D eigenvalue weighted by Crippen LogP contribution is 2.34. The van der Waals surface area contributed by atoms with Gasteiger partial charge in [-0.1, -0.05) is 29.8 Å². The van der Waals surface area contributed by atoms with Gasteiger partial charge in [-0.3, -0.25) is 14.3 Å². The standard InChI is InChI=1S/C24H29ClN4O5/c1-24(2,3)34-23(31)27-15-17(33-13-12-32-4)14-19(27)21-26-28-11-10-18(25)20(28)22(30)29(21)16-8-6-5-7-9-16/h5-11,17,19H,12-15H2,1-4H3/t17-,19-/m0/s1. The van der Waals surface area contributed by atoms with Crippen LogP contribution in [0.3, 0.4) is 0 Å². The SMILES string of the molecule is COCCO[C@H]1C[C@@H](c2nn3ccc(Cl)c3c(=O)n2-c2ccccc2)N(C(=O)OC(C)(C)C)C1. The van der Waals surface area contributed by atoms with Crippen molar-refractivity contribution in [1.29, 1.82) is 0 Å². The molecule has 1 fully saturated rings. The van der Waals surface area contributed by atoms with E-state index in [0.29, 0.717) is 42.7 Å². The number of likely N-dealkylation sites (tertiary alicyclic amines) is 1. The van der Waals surface area contributed by atoms with E-state index >= 15 is 0 Å². The van der Waals surface area contributed by atoms with E-state index in [-0.39, 0.29) is 17.2 Å². The number of amides is 1. The summed E-state index contributed by atoms with van der Waals surface area (Å²) >= 11 is 6.30. The van der Waals surface area contributed by atoms with Gasteiger partial charge in [-0.2, -0.15) is 5.10 Å². The van der Waals surface area contributed by atoms with E-state index in [1.54, 1.807) is 24.3 Å². The second-order valence-corrected chi connectivity index (χ2v) is 9.57. The van der Waals surface area contributed by atoms with Gasteiger partial charge in [0.05, 0.1) is 42.6 Å². The highest BCUT2D eigenvalue weighted by atomic mass is 35.5. The molecule has 0 N–H and O–H groups in total. The van der Waals surface area contributed by atoms with E-state index in [4.69, 9.17) is 30.9 Å². The van der Waals surface area contributed by atoms with Gasteiger partial charge in [0.15, 0.2) is 5.82 Å². The molecular formula is C24H29ClN4O5. The molecule has 3 aromatic rings. The molecule has 1 aromatic carbocycles. The lowest BCUT2D eigenvalue weighted by molar-refractivity contribution is 0.00885. The highest BCUT2D eigenvalue weighted by molar-refractivity contribution is 6.33. The zero-order valence-electron chi connectivity index (χ0n) is 19.7. The fourth-order valence-electron chi connectivity index (χ4n) is 4.07. The van der Waals surface area contributed by atoms with Crippen molar-refractivity contribution in [1.82, 2.24) is 19.1 Å². The Morgan fingerprint density at radius 2 is 1.91 bits per heavy atom. The first-order chi connectivity index (χ1) is 16.2. The third-order valence-corrected chi connectivity index (χ3v) is 5.81. The summed E-state index contributed by atoms with van der Waals surface area (Å²) in [5.74, 6) is 0.402. The third kappa shape index (κ3) is 4.96. The fraction of sp³-hybridized carbons (Fsp3) is 0.458. The number of hydrogen-bond donors (Lipinski definition) is 0. The summed E-state index contributed by atoms with van der Waals surface area (Å²) in [6.07, 6.45) is 1.33. The molecule has 34 heavy (non-hydrogen) atoms. The van der Waals surface area contributed by atoms with Gasteiger partial charge in [0.25, 0.3) is 5.56 Å². The summed E-state index contributed by atoms with van der Waals surface area (Å²) < 4.78 is 19.7. The Labute approximate surface area is 202 Å². The maximum Gasteiger partial charge on any atom is 0.411 e. The smallest absolute Gasteiger partial charge is 0.411 e.